The zero-order valence-electron chi connectivity index (χ0n) is 48.1. The van der Waals surface area contributed by atoms with Gasteiger partial charge in [0.2, 0.25) is 0 Å². The third-order valence-corrected chi connectivity index (χ3v) is 13.4. The molecule has 0 aromatic heterocycles. The molecule has 1 atom stereocenters. The van der Waals surface area contributed by atoms with E-state index in [4.69, 9.17) is 14.2 Å². The molecular formula is C67H116O6. The third kappa shape index (κ3) is 59.3. The van der Waals surface area contributed by atoms with Crippen molar-refractivity contribution in [1.29, 1.82) is 0 Å². The molecule has 6 nitrogen and oxygen atoms in total. The van der Waals surface area contributed by atoms with Gasteiger partial charge in [0.1, 0.15) is 13.2 Å². The largest absolute Gasteiger partial charge is 0.462 e. The average Bonchev–Trinajstić information content (AvgIpc) is 3.39. The molecule has 0 saturated heterocycles. The van der Waals surface area contributed by atoms with Gasteiger partial charge >= 0.3 is 17.9 Å². The zero-order chi connectivity index (χ0) is 52.9. The fraction of sp³-hybridized carbons (Fsp3) is 0.746. The maximum absolute atomic E-state index is 12.8. The highest BCUT2D eigenvalue weighted by Gasteiger charge is 2.19. The third-order valence-electron chi connectivity index (χ3n) is 13.4. The Kier molecular flexibility index (Phi) is 58.3. The second kappa shape index (κ2) is 61.1. The first kappa shape index (κ1) is 69.6. The van der Waals surface area contributed by atoms with Crippen LogP contribution in [0.15, 0.2) is 85.1 Å². The predicted octanol–water partition coefficient (Wildman–Crippen LogP) is 21.1. The number of carbonyl (C=O) groups is 3. The molecule has 6 heteroatoms. The highest BCUT2D eigenvalue weighted by molar-refractivity contribution is 5.71. The van der Waals surface area contributed by atoms with Crippen molar-refractivity contribution in [2.75, 3.05) is 13.2 Å². The van der Waals surface area contributed by atoms with Crippen molar-refractivity contribution in [3.05, 3.63) is 85.1 Å². The molecule has 1 unspecified atom stereocenters. The maximum Gasteiger partial charge on any atom is 0.306 e. The molecule has 0 rings (SSSR count). The molecule has 0 aliphatic rings. The van der Waals surface area contributed by atoms with Crippen LogP contribution in [0.2, 0.25) is 0 Å². The van der Waals surface area contributed by atoms with E-state index in [1.165, 1.54) is 148 Å². The van der Waals surface area contributed by atoms with E-state index < -0.39 is 6.10 Å². The van der Waals surface area contributed by atoms with Crippen molar-refractivity contribution in [1.82, 2.24) is 0 Å². The Morgan fingerprint density at radius 2 is 0.534 bits per heavy atom. The number of carbonyl (C=O) groups excluding carboxylic acids is 3. The highest BCUT2D eigenvalue weighted by Crippen LogP contribution is 2.17. The van der Waals surface area contributed by atoms with Gasteiger partial charge in [0.05, 0.1) is 0 Å². The number of rotatable bonds is 56. The fourth-order valence-corrected chi connectivity index (χ4v) is 8.80. The Hall–Kier alpha value is -3.41. The van der Waals surface area contributed by atoms with Gasteiger partial charge in [0.25, 0.3) is 0 Å². The number of unbranched alkanes of at least 4 members (excludes halogenated alkanes) is 31. The molecule has 0 amide bonds. The molecule has 420 valence electrons. The van der Waals surface area contributed by atoms with Crippen molar-refractivity contribution in [3.63, 3.8) is 0 Å². The van der Waals surface area contributed by atoms with Crippen LogP contribution in [0.25, 0.3) is 0 Å². The zero-order valence-corrected chi connectivity index (χ0v) is 48.1. The van der Waals surface area contributed by atoms with Gasteiger partial charge in [0.15, 0.2) is 6.10 Å². The summed E-state index contributed by atoms with van der Waals surface area (Å²) in [5, 5.41) is 0. The highest BCUT2D eigenvalue weighted by atomic mass is 16.6. The Bertz CT molecular complexity index is 1400. The summed E-state index contributed by atoms with van der Waals surface area (Å²) in [6.45, 7) is 6.35. The van der Waals surface area contributed by atoms with Crippen molar-refractivity contribution >= 4 is 17.9 Å². The van der Waals surface area contributed by atoms with Gasteiger partial charge in [-0.05, 0) is 89.9 Å². The van der Waals surface area contributed by atoms with Gasteiger partial charge in [-0.15, -0.1) is 0 Å². The first-order chi connectivity index (χ1) is 36.0. The summed E-state index contributed by atoms with van der Waals surface area (Å²) in [5.74, 6) is -0.891. The van der Waals surface area contributed by atoms with E-state index in [1.54, 1.807) is 0 Å². The molecule has 0 N–H and O–H groups in total. The van der Waals surface area contributed by atoms with E-state index in [0.717, 1.165) is 116 Å². The molecule has 0 heterocycles. The van der Waals surface area contributed by atoms with Gasteiger partial charge < -0.3 is 14.2 Å². The first-order valence-corrected chi connectivity index (χ1v) is 31.1. The van der Waals surface area contributed by atoms with E-state index in [2.05, 4.69) is 106 Å². The summed E-state index contributed by atoms with van der Waals surface area (Å²) in [4.78, 5) is 37.8. The Balaban J connectivity index is 3.94. The minimum absolute atomic E-state index is 0.0772. The molecule has 0 aliphatic carbocycles. The van der Waals surface area contributed by atoms with Gasteiger partial charge in [-0.3, -0.25) is 14.4 Å². The lowest BCUT2D eigenvalue weighted by atomic mass is 10.0. The first-order valence-electron chi connectivity index (χ1n) is 31.1. The number of hydrogen-bond acceptors (Lipinski definition) is 6. The van der Waals surface area contributed by atoms with Crippen LogP contribution in [-0.2, 0) is 28.6 Å². The number of allylic oxidation sites excluding steroid dienone is 14. The summed E-state index contributed by atoms with van der Waals surface area (Å²) in [6, 6.07) is 0. The lowest BCUT2D eigenvalue weighted by molar-refractivity contribution is -0.167. The van der Waals surface area contributed by atoms with Crippen LogP contribution >= 0.6 is 0 Å². The van der Waals surface area contributed by atoms with E-state index in [-0.39, 0.29) is 31.1 Å². The van der Waals surface area contributed by atoms with Gasteiger partial charge in [-0.25, -0.2) is 0 Å². The van der Waals surface area contributed by atoms with Crippen molar-refractivity contribution in [3.8, 4) is 0 Å². The average molecular weight is 1020 g/mol. The van der Waals surface area contributed by atoms with Crippen molar-refractivity contribution in [2.45, 2.75) is 309 Å². The molecule has 0 radical (unpaired) electrons. The Labute approximate surface area is 452 Å². The van der Waals surface area contributed by atoms with Crippen LogP contribution in [0.1, 0.15) is 303 Å². The normalized spacial score (nSPS) is 12.6. The summed E-state index contributed by atoms with van der Waals surface area (Å²) >= 11 is 0. The lowest BCUT2D eigenvalue weighted by Crippen LogP contribution is -2.30. The van der Waals surface area contributed by atoms with Crippen molar-refractivity contribution in [2.24, 2.45) is 0 Å². The molecule has 0 aliphatic heterocycles. The quantitative estimate of drug-likeness (QED) is 0.0261. The Morgan fingerprint density at radius 3 is 0.836 bits per heavy atom. The smallest absolute Gasteiger partial charge is 0.306 e. The topological polar surface area (TPSA) is 78.9 Å². The predicted molar refractivity (Wildman–Crippen MR) is 316 cm³/mol. The number of ether oxygens (including phenoxy) is 3. The SMILES string of the molecule is CC/C=C\C/C=C\C/C=C\C/C=C\CCCCCCCCCCCCCCCCCCCCCCC(=O)OCC(COC(=O)CCCCCCC)OC(=O)CCCCCCCCC/C=C\C/C=C\C/C=C\CC. The van der Waals surface area contributed by atoms with Gasteiger partial charge in [0, 0.05) is 19.3 Å². The summed E-state index contributed by atoms with van der Waals surface area (Å²) in [7, 11) is 0. The molecule has 0 bridgehead atoms. The Morgan fingerprint density at radius 1 is 0.288 bits per heavy atom. The van der Waals surface area contributed by atoms with Gasteiger partial charge in [-0.2, -0.15) is 0 Å². The van der Waals surface area contributed by atoms with E-state index in [0.29, 0.717) is 19.3 Å². The van der Waals surface area contributed by atoms with Crippen LogP contribution in [0.4, 0.5) is 0 Å². The standard InChI is InChI=1S/C67H116O6/c1-4-7-10-13-15-17-19-21-23-25-26-27-28-29-30-31-32-33-34-35-36-37-38-39-40-42-43-45-47-49-51-54-57-60-66(69)72-63-64(62-71-65(68)59-56-53-12-9-6-3)73-67(70)61-58-55-52-50-48-46-44-41-24-22-20-18-16-14-11-8-5-2/h7-8,10-11,15-18,21-24,26-27,64H,4-6,9,12-14,19-20,25,28-63H2,1-3H3/b10-7-,11-8-,17-15-,18-16-,23-21-,24-22-,27-26-. The van der Waals surface area contributed by atoms with E-state index in [9.17, 15) is 14.4 Å². The second-order valence-corrected chi connectivity index (χ2v) is 20.6. The monoisotopic (exact) mass is 1020 g/mol. The second-order valence-electron chi connectivity index (χ2n) is 20.6. The van der Waals surface area contributed by atoms with E-state index in [1.807, 2.05) is 0 Å². The van der Waals surface area contributed by atoms with Crippen LogP contribution in [0.3, 0.4) is 0 Å². The van der Waals surface area contributed by atoms with Crippen molar-refractivity contribution < 1.29 is 28.6 Å². The molecule has 0 saturated carbocycles. The molecular weight excluding hydrogens is 901 g/mol. The maximum atomic E-state index is 12.8. The summed E-state index contributed by atoms with van der Waals surface area (Å²) < 4.78 is 16.7. The van der Waals surface area contributed by atoms with Crippen LogP contribution in [-0.4, -0.2) is 37.2 Å². The fourth-order valence-electron chi connectivity index (χ4n) is 8.80. The van der Waals surface area contributed by atoms with Crippen LogP contribution < -0.4 is 0 Å². The molecule has 0 aromatic rings. The van der Waals surface area contributed by atoms with Crippen LogP contribution in [0, 0.1) is 0 Å². The van der Waals surface area contributed by atoms with Gasteiger partial charge in [-0.1, -0.05) is 279 Å². The molecule has 73 heavy (non-hydrogen) atoms. The minimum atomic E-state index is -0.776. The lowest BCUT2D eigenvalue weighted by Gasteiger charge is -2.18. The van der Waals surface area contributed by atoms with E-state index >= 15 is 0 Å². The number of esters is 3. The summed E-state index contributed by atoms with van der Waals surface area (Å²) in [6.07, 6.45) is 80.8. The molecule has 0 spiro atoms. The molecule has 0 aromatic carbocycles. The number of hydrogen-bond donors (Lipinski definition) is 0. The minimum Gasteiger partial charge on any atom is -0.462 e. The van der Waals surface area contributed by atoms with Crippen LogP contribution in [0.5, 0.6) is 0 Å². The summed E-state index contributed by atoms with van der Waals surface area (Å²) in [5.41, 5.74) is 0. The molecule has 0 fully saturated rings.